The second-order valence-electron chi connectivity index (χ2n) is 4.50. The molecule has 0 radical (unpaired) electrons. The van der Waals surface area contributed by atoms with Gasteiger partial charge in [0.15, 0.2) is 5.03 Å². The Kier molecular flexibility index (Phi) is 3.78. The minimum atomic E-state index is -0.640. The predicted molar refractivity (Wildman–Crippen MR) is 62.1 cm³/mol. The first-order chi connectivity index (χ1) is 8.18. The van der Waals surface area contributed by atoms with E-state index in [9.17, 15) is 10.1 Å². The summed E-state index contributed by atoms with van der Waals surface area (Å²) < 4.78 is 5.36. The van der Waals surface area contributed by atoms with Crippen LogP contribution >= 0.6 is 0 Å². The Balaban J connectivity index is 2.07. The van der Waals surface area contributed by atoms with Crippen LogP contribution in [0.5, 0.6) is 0 Å². The van der Waals surface area contributed by atoms with Gasteiger partial charge in [-0.2, -0.15) is 0 Å². The van der Waals surface area contributed by atoms with Gasteiger partial charge in [-0.1, -0.05) is 0 Å². The third kappa shape index (κ3) is 2.85. The van der Waals surface area contributed by atoms with Crippen molar-refractivity contribution < 1.29 is 9.77 Å². The van der Waals surface area contributed by atoms with Crippen molar-refractivity contribution in [2.24, 2.45) is 11.0 Å². The smallest absolute Gasteiger partial charge is 0.271 e. The lowest BCUT2D eigenvalue weighted by molar-refractivity contribution is -0.486. The van der Waals surface area contributed by atoms with Crippen LogP contribution in [-0.4, -0.2) is 48.2 Å². The van der Waals surface area contributed by atoms with Gasteiger partial charge in [-0.3, -0.25) is 0 Å². The van der Waals surface area contributed by atoms with E-state index in [2.05, 4.69) is 17.3 Å². The molecule has 2 aliphatic rings. The summed E-state index contributed by atoms with van der Waals surface area (Å²) in [6.45, 7) is 5.18. The van der Waals surface area contributed by atoms with Crippen molar-refractivity contribution >= 4 is 5.96 Å². The first kappa shape index (κ1) is 12.1. The average molecular weight is 242 g/mol. The maximum Gasteiger partial charge on any atom is 0.271 e. The summed E-state index contributed by atoms with van der Waals surface area (Å²) >= 11 is 0. The average Bonchev–Trinajstić information content (AvgIpc) is 2.81. The Bertz CT molecular complexity index is 315. The highest BCUT2D eigenvalue weighted by molar-refractivity contribution is 5.80. The number of hydrogen-bond donors (Lipinski definition) is 1. The van der Waals surface area contributed by atoms with Gasteiger partial charge in [0.2, 0.25) is 0 Å². The van der Waals surface area contributed by atoms with E-state index in [-0.39, 0.29) is 6.04 Å². The maximum atomic E-state index is 10.5. The molecular weight excluding hydrogens is 224 g/mol. The lowest BCUT2D eigenvalue weighted by atomic mass is 9.99. The summed E-state index contributed by atoms with van der Waals surface area (Å²) in [4.78, 5) is 12.5. The number of ether oxygens (including phenoxy) is 1. The highest BCUT2D eigenvalue weighted by atomic mass is 16.7. The van der Waals surface area contributed by atoms with E-state index in [0.717, 1.165) is 39.1 Å². The van der Waals surface area contributed by atoms with E-state index >= 15 is 0 Å². The first-order valence-corrected chi connectivity index (χ1v) is 5.99. The molecule has 1 N–H and O–H groups in total. The molecule has 17 heavy (non-hydrogen) atoms. The summed E-state index contributed by atoms with van der Waals surface area (Å²) in [6.07, 6.45) is 2.00. The van der Waals surface area contributed by atoms with Crippen molar-refractivity contribution in [2.45, 2.75) is 25.8 Å². The highest BCUT2D eigenvalue weighted by Crippen LogP contribution is 2.22. The molecule has 2 atom stereocenters. The molecule has 0 amide bonds. The van der Waals surface area contributed by atoms with Crippen LogP contribution in [0.4, 0.5) is 0 Å². The van der Waals surface area contributed by atoms with Gasteiger partial charge in [-0.05, 0) is 19.8 Å². The molecule has 0 spiro atoms. The van der Waals surface area contributed by atoms with Gasteiger partial charge in [0, 0.05) is 31.7 Å². The third-order valence-electron chi connectivity index (χ3n) is 3.45. The molecule has 2 aliphatic heterocycles. The lowest BCUT2D eigenvalue weighted by Gasteiger charge is -2.36. The summed E-state index contributed by atoms with van der Waals surface area (Å²) in [6, 6.07) is 0.226. The van der Waals surface area contributed by atoms with E-state index in [1.807, 2.05) is 4.90 Å². The second kappa shape index (κ2) is 5.31. The van der Waals surface area contributed by atoms with E-state index in [0.29, 0.717) is 11.9 Å². The van der Waals surface area contributed by atoms with Gasteiger partial charge in [0.05, 0.1) is 6.61 Å². The predicted octanol–water partition coefficient (Wildman–Crippen LogP) is 0.254. The van der Waals surface area contributed by atoms with Gasteiger partial charge in [-0.25, -0.2) is 10.1 Å². The Hall–Kier alpha value is -1.37. The monoisotopic (exact) mass is 242 g/mol. The van der Waals surface area contributed by atoms with Crippen molar-refractivity contribution in [3.05, 3.63) is 10.1 Å². The minimum Gasteiger partial charge on any atom is -0.381 e. The number of nitrogens with zero attached hydrogens (tertiary/aromatic N) is 3. The number of hydrazone groups is 1. The largest absolute Gasteiger partial charge is 0.381 e. The first-order valence-electron chi connectivity index (χ1n) is 5.99. The molecule has 0 aliphatic carbocycles. The van der Waals surface area contributed by atoms with Crippen LogP contribution in [-0.2, 0) is 4.74 Å². The molecule has 0 saturated carbocycles. The standard InChI is InChI=1S/C10H18N4O3/c1-8(9-3-6-17-7-9)13-5-2-4-11-10(13)12-14(15)16/h8-9H,2-7H2,1H3,(H,11,12). The molecule has 0 aromatic heterocycles. The molecule has 2 saturated heterocycles. The molecule has 0 aromatic carbocycles. The summed E-state index contributed by atoms with van der Waals surface area (Å²) in [5.41, 5.74) is 0. The van der Waals surface area contributed by atoms with Gasteiger partial charge >= 0.3 is 0 Å². The molecule has 7 heteroatoms. The number of hydrogen-bond acceptors (Lipinski definition) is 3. The zero-order chi connectivity index (χ0) is 12.3. The quantitative estimate of drug-likeness (QED) is 0.567. The molecule has 2 fully saturated rings. The molecule has 2 heterocycles. The SMILES string of the molecule is CC(C1CCOC1)N1CCCNC1=N[N+](=O)[O-]. The summed E-state index contributed by atoms with van der Waals surface area (Å²) in [5.74, 6) is 0.826. The van der Waals surface area contributed by atoms with E-state index in [4.69, 9.17) is 4.74 Å². The molecular formula is C10H18N4O3. The van der Waals surface area contributed by atoms with Crippen LogP contribution < -0.4 is 5.32 Å². The van der Waals surface area contributed by atoms with Crippen molar-refractivity contribution in [3.8, 4) is 0 Å². The fourth-order valence-corrected chi connectivity index (χ4v) is 2.41. The highest BCUT2D eigenvalue weighted by Gasteiger charge is 2.31. The van der Waals surface area contributed by atoms with E-state index < -0.39 is 5.03 Å². The van der Waals surface area contributed by atoms with Gasteiger partial charge < -0.3 is 15.0 Å². The van der Waals surface area contributed by atoms with Crippen molar-refractivity contribution in [1.82, 2.24) is 10.2 Å². The van der Waals surface area contributed by atoms with Crippen LogP contribution in [0.15, 0.2) is 5.10 Å². The zero-order valence-corrected chi connectivity index (χ0v) is 9.96. The van der Waals surface area contributed by atoms with Crippen LogP contribution in [0.3, 0.4) is 0 Å². The summed E-state index contributed by atoms with van der Waals surface area (Å²) in [7, 11) is 0. The second-order valence-corrected chi connectivity index (χ2v) is 4.50. The van der Waals surface area contributed by atoms with Crippen LogP contribution in [0.25, 0.3) is 0 Å². The number of guanidine groups is 1. The Morgan fingerprint density at radius 1 is 1.71 bits per heavy atom. The van der Waals surface area contributed by atoms with Gasteiger partial charge in [0.25, 0.3) is 5.96 Å². The van der Waals surface area contributed by atoms with E-state index in [1.54, 1.807) is 0 Å². The maximum absolute atomic E-state index is 10.5. The van der Waals surface area contributed by atoms with Crippen molar-refractivity contribution in [2.75, 3.05) is 26.3 Å². The normalized spacial score (nSPS) is 29.1. The lowest BCUT2D eigenvalue weighted by Crippen LogP contribution is -2.53. The van der Waals surface area contributed by atoms with Crippen molar-refractivity contribution in [1.29, 1.82) is 0 Å². The topological polar surface area (TPSA) is 80.0 Å². The minimum absolute atomic E-state index is 0.226. The number of nitro groups is 1. The summed E-state index contributed by atoms with van der Waals surface area (Å²) in [5, 5.41) is 16.3. The molecule has 0 aromatic rings. The third-order valence-corrected chi connectivity index (χ3v) is 3.45. The Morgan fingerprint density at radius 3 is 3.18 bits per heavy atom. The molecule has 2 rings (SSSR count). The van der Waals surface area contributed by atoms with Crippen LogP contribution in [0.2, 0.25) is 0 Å². The molecule has 7 nitrogen and oxygen atoms in total. The Morgan fingerprint density at radius 2 is 2.53 bits per heavy atom. The van der Waals surface area contributed by atoms with Gasteiger partial charge in [-0.15, -0.1) is 0 Å². The fraction of sp³-hybridized carbons (Fsp3) is 0.900. The molecule has 2 unspecified atom stereocenters. The number of rotatable bonds is 3. The van der Waals surface area contributed by atoms with E-state index in [1.165, 1.54) is 0 Å². The fourth-order valence-electron chi connectivity index (χ4n) is 2.41. The van der Waals surface area contributed by atoms with Crippen LogP contribution in [0.1, 0.15) is 19.8 Å². The van der Waals surface area contributed by atoms with Crippen molar-refractivity contribution in [3.63, 3.8) is 0 Å². The molecule has 96 valence electrons. The molecule has 0 bridgehead atoms. The van der Waals surface area contributed by atoms with Crippen LogP contribution in [0, 0.1) is 16.0 Å². The zero-order valence-electron chi connectivity index (χ0n) is 9.96. The van der Waals surface area contributed by atoms with Gasteiger partial charge in [0.1, 0.15) is 5.10 Å². The number of nitrogens with one attached hydrogen (secondary N) is 1. The Labute approximate surface area is 100.0 Å².